The summed E-state index contributed by atoms with van der Waals surface area (Å²) in [6.45, 7) is 2.90. The zero-order valence-electron chi connectivity index (χ0n) is 10.3. The van der Waals surface area contributed by atoms with Gasteiger partial charge in [-0.25, -0.2) is 8.42 Å². The van der Waals surface area contributed by atoms with Crippen LogP contribution in [-0.2, 0) is 9.84 Å². The Morgan fingerprint density at radius 2 is 1.94 bits per heavy atom. The third kappa shape index (κ3) is 2.96. The zero-order valence-corrected chi connectivity index (χ0v) is 11.8. The topological polar surface area (TPSA) is 63.4 Å². The highest BCUT2D eigenvalue weighted by Gasteiger charge is 2.23. The Labute approximate surface area is 113 Å². The summed E-state index contributed by atoms with van der Waals surface area (Å²) in [5.74, 6) is 0.386. The van der Waals surface area contributed by atoms with E-state index in [0.717, 1.165) is 11.3 Å². The summed E-state index contributed by atoms with van der Waals surface area (Å²) in [4.78, 5) is 2.01. The fourth-order valence-electron chi connectivity index (χ4n) is 2.02. The van der Waals surface area contributed by atoms with Gasteiger partial charge in [0.15, 0.2) is 9.84 Å². The molecule has 1 aliphatic heterocycles. The molecule has 1 heterocycles. The SMILES string of the molecule is C[C@@H](N)c1ccc(N2CCS(=O)(=O)CC2)c(Cl)c1. The molecular formula is C12H17ClN2O2S. The summed E-state index contributed by atoms with van der Waals surface area (Å²) in [5.41, 5.74) is 7.66. The van der Waals surface area contributed by atoms with Crippen LogP contribution in [0.3, 0.4) is 0 Å². The molecule has 2 N–H and O–H groups in total. The normalized spacial score (nSPS) is 20.7. The van der Waals surface area contributed by atoms with Crippen LogP contribution in [0.4, 0.5) is 5.69 Å². The van der Waals surface area contributed by atoms with Gasteiger partial charge in [-0.2, -0.15) is 0 Å². The third-order valence-electron chi connectivity index (χ3n) is 3.18. The highest BCUT2D eigenvalue weighted by Crippen LogP contribution is 2.29. The number of hydrogen-bond donors (Lipinski definition) is 1. The molecule has 1 aliphatic rings. The van der Waals surface area contributed by atoms with E-state index in [1.165, 1.54) is 0 Å². The molecule has 1 aromatic rings. The molecule has 0 aliphatic carbocycles. The van der Waals surface area contributed by atoms with E-state index in [9.17, 15) is 8.42 Å². The maximum Gasteiger partial charge on any atom is 0.153 e. The summed E-state index contributed by atoms with van der Waals surface area (Å²) in [5, 5.41) is 0.629. The lowest BCUT2D eigenvalue weighted by Gasteiger charge is -2.29. The second-order valence-electron chi connectivity index (χ2n) is 4.64. The van der Waals surface area contributed by atoms with Gasteiger partial charge in [0.25, 0.3) is 0 Å². The Morgan fingerprint density at radius 3 is 2.44 bits per heavy atom. The summed E-state index contributed by atoms with van der Waals surface area (Å²) in [6.07, 6.45) is 0. The van der Waals surface area contributed by atoms with Gasteiger partial charge in [-0.3, -0.25) is 0 Å². The van der Waals surface area contributed by atoms with Gasteiger partial charge in [0.1, 0.15) is 0 Å². The molecule has 1 aromatic carbocycles. The van der Waals surface area contributed by atoms with Crippen LogP contribution in [0.5, 0.6) is 0 Å². The summed E-state index contributed by atoms with van der Waals surface area (Å²) < 4.78 is 22.8. The molecule has 2 rings (SSSR count). The molecule has 0 spiro atoms. The fraction of sp³-hybridized carbons (Fsp3) is 0.500. The lowest BCUT2D eigenvalue weighted by Crippen LogP contribution is -2.40. The van der Waals surface area contributed by atoms with Crippen LogP contribution < -0.4 is 10.6 Å². The average molecular weight is 289 g/mol. The first-order valence-corrected chi connectivity index (χ1v) is 8.09. The predicted molar refractivity (Wildman–Crippen MR) is 74.9 cm³/mol. The van der Waals surface area contributed by atoms with Crippen molar-refractivity contribution in [3.05, 3.63) is 28.8 Å². The monoisotopic (exact) mass is 288 g/mol. The highest BCUT2D eigenvalue weighted by molar-refractivity contribution is 7.91. The quantitative estimate of drug-likeness (QED) is 0.898. The van der Waals surface area contributed by atoms with E-state index < -0.39 is 9.84 Å². The Balaban J connectivity index is 2.20. The van der Waals surface area contributed by atoms with Gasteiger partial charge in [0.05, 0.1) is 22.2 Å². The highest BCUT2D eigenvalue weighted by atomic mass is 35.5. The van der Waals surface area contributed by atoms with E-state index >= 15 is 0 Å². The number of nitrogens with two attached hydrogens (primary N) is 1. The van der Waals surface area contributed by atoms with Crippen molar-refractivity contribution in [1.82, 2.24) is 0 Å². The molecule has 1 fully saturated rings. The molecule has 4 nitrogen and oxygen atoms in total. The largest absolute Gasteiger partial charge is 0.368 e. The maximum absolute atomic E-state index is 11.4. The average Bonchev–Trinajstić information content (AvgIpc) is 2.29. The molecule has 0 aromatic heterocycles. The van der Waals surface area contributed by atoms with E-state index in [-0.39, 0.29) is 17.5 Å². The summed E-state index contributed by atoms with van der Waals surface area (Å²) >= 11 is 6.23. The Morgan fingerprint density at radius 1 is 1.33 bits per heavy atom. The van der Waals surface area contributed by atoms with Crippen molar-refractivity contribution < 1.29 is 8.42 Å². The zero-order chi connectivity index (χ0) is 13.3. The first-order valence-electron chi connectivity index (χ1n) is 5.89. The van der Waals surface area contributed by atoms with Gasteiger partial charge in [-0.05, 0) is 24.6 Å². The standard InChI is InChI=1S/C12H17ClN2O2S/c1-9(14)10-2-3-12(11(13)8-10)15-4-6-18(16,17)7-5-15/h2-3,8-9H,4-7,14H2,1H3/t9-/m1/s1. The van der Waals surface area contributed by atoms with Crippen molar-refractivity contribution in [3.63, 3.8) is 0 Å². The van der Waals surface area contributed by atoms with Gasteiger partial charge in [0.2, 0.25) is 0 Å². The van der Waals surface area contributed by atoms with Crippen LogP contribution in [0.1, 0.15) is 18.5 Å². The van der Waals surface area contributed by atoms with E-state index in [1.54, 1.807) is 0 Å². The van der Waals surface area contributed by atoms with Gasteiger partial charge in [-0.1, -0.05) is 17.7 Å². The minimum atomic E-state index is -2.86. The summed E-state index contributed by atoms with van der Waals surface area (Å²) in [7, 11) is -2.86. The number of halogens is 1. The van der Waals surface area contributed by atoms with E-state index in [0.29, 0.717) is 18.1 Å². The van der Waals surface area contributed by atoms with Crippen molar-refractivity contribution >= 4 is 27.1 Å². The fourth-order valence-corrected chi connectivity index (χ4v) is 3.53. The van der Waals surface area contributed by atoms with Crippen molar-refractivity contribution in [2.24, 2.45) is 5.73 Å². The van der Waals surface area contributed by atoms with Crippen molar-refractivity contribution in [2.45, 2.75) is 13.0 Å². The molecule has 0 radical (unpaired) electrons. The predicted octanol–water partition coefficient (Wildman–Crippen LogP) is 1.59. The number of hydrogen-bond acceptors (Lipinski definition) is 4. The van der Waals surface area contributed by atoms with Crippen LogP contribution >= 0.6 is 11.6 Å². The lowest BCUT2D eigenvalue weighted by atomic mass is 10.1. The van der Waals surface area contributed by atoms with Crippen LogP contribution in [0.15, 0.2) is 18.2 Å². The van der Waals surface area contributed by atoms with E-state index in [2.05, 4.69) is 0 Å². The van der Waals surface area contributed by atoms with Gasteiger partial charge < -0.3 is 10.6 Å². The molecule has 100 valence electrons. The van der Waals surface area contributed by atoms with Gasteiger partial charge >= 0.3 is 0 Å². The Bertz CT molecular complexity index is 529. The number of anilines is 1. The van der Waals surface area contributed by atoms with Crippen LogP contribution in [0.25, 0.3) is 0 Å². The van der Waals surface area contributed by atoms with Crippen molar-refractivity contribution in [1.29, 1.82) is 0 Å². The Kier molecular flexibility index (Phi) is 3.84. The molecule has 0 unspecified atom stereocenters. The van der Waals surface area contributed by atoms with Crippen LogP contribution in [0.2, 0.25) is 5.02 Å². The summed E-state index contributed by atoms with van der Waals surface area (Å²) in [6, 6.07) is 5.65. The Hall–Kier alpha value is -0.780. The molecule has 1 atom stereocenters. The van der Waals surface area contributed by atoms with Crippen LogP contribution in [0, 0.1) is 0 Å². The smallest absolute Gasteiger partial charge is 0.153 e. The second kappa shape index (κ2) is 5.07. The van der Waals surface area contributed by atoms with Gasteiger partial charge in [-0.15, -0.1) is 0 Å². The maximum atomic E-state index is 11.4. The first kappa shape index (κ1) is 13.6. The molecule has 6 heteroatoms. The van der Waals surface area contributed by atoms with E-state index in [4.69, 9.17) is 17.3 Å². The van der Waals surface area contributed by atoms with Crippen molar-refractivity contribution in [3.8, 4) is 0 Å². The van der Waals surface area contributed by atoms with E-state index in [1.807, 2.05) is 30.0 Å². The lowest BCUT2D eigenvalue weighted by molar-refractivity contribution is 0.587. The first-order chi connectivity index (χ1) is 8.39. The minimum Gasteiger partial charge on any atom is -0.368 e. The van der Waals surface area contributed by atoms with Crippen LogP contribution in [-0.4, -0.2) is 33.0 Å². The number of benzene rings is 1. The molecule has 1 saturated heterocycles. The molecule has 0 bridgehead atoms. The number of nitrogens with zero attached hydrogens (tertiary/aromatic N) is 1. The molecule has 0 saturated carbocycles. The molecule has 0 amide bonds. The number of rotatable bonds is 2. The van der Waals surface area contributed by atoms with Crippen molar-refractivity contribution in [2.75, 3.05) is 29.5 Å². The minimum absolute atomic E-state index is 0.0571. The van der Waals surface area contributed by atoms with Gasteiger partial charge in [0, 0.05) is 19.1 Å². The second-order valence-corrected chi connectivity index (χ2v) is 7.35. The number of sulfone groups is 1. The third-order valence-corrected chi connectivity index (χ3v) is 5.09. The molecule has 18 heavy (non-hydrogen) atoms. The molecular weight excluding hydrogens is 272 g/mol.